The summed E-state index contributed by atoms with van der Waals surface area (Å²) in [5.41, 5.74) is 2.03. The second-order valence-corrected chi connectivity index (χ2v) is 7.45. The van der Waals surface area contributed by atoms with Gasteiger partial charge in [0.25, 0.3) is 5.91 Å². The van der Waals surface area contributed by atoms with Gasteiger partial charge in [-0.15, -0.1) is 0 Å². The van der Waals surface area contributed by atoms with Crippen molar-refractivity contribution in [2.45, 2.75) is 5.75 Å². The summed E-state index contributed by atoms with van der Waals surface area (Å²) in [6.45, 7) is 0.0353. The van der Waals surface area contributed by atoms with Crippen molar-refractivity contribution in [3.05, 3.63) is 71.3 Å². The molecule has 0 atom stereocenters. The van der Waals surface area contributed by atoms with Gasteiger partial charge in [0.1, 0.15) is 0 Å². The number of carbonyl (C=O) groups excluding carboxylic acids is 1. The Balaban J connectivity index is 1.91. The Kier molecular flexibility index (Phi) is 6.34. The highest BCUT2D eigenvalue weighted by atomic mass is 32.2. The number of rotatable bonds is 5. The molecule has 130 valence electrons. The lowest BCUT2D eigenvalue weighted by molar-refractivity contribution is 0.0827. The minimum absolute atomic E-state index is 0.0353. The molecular weight excluding hydrogens is 336 g/mol. The van der Waals surface area contributed by atoms with Crippen molar-refractivity contribution in [1.82, 2.24) is 9.62 Å². The lowest BCUT2D eigenvalue weighted by atomic mass is 10.1. The number of amides is 1. The third-order valence-corrected chi connectivity index (χ3v) is 4.65. The fourth-order valence-electron chi connectivity index (χ4n) is 2.09. The summed E-state index contributed by atoms with van der Waals surface area (Å²) in [4.78, 5) is 13.3. The van der Waals surface area contributed by atoms with Gasteiger partial charge in [0.2, 0.25) is 10.0 Å². The SMILES string of the molecule is CN(C)C(=O)c1ccc(C#CCNS(=O)(=O)Cc2ccccc2)cc1. The van der Waals surface area contributed by atoms with Crippen LogP contribution < -0.4 is 4.72 Å². The van der Waals surface area contributed by atoms with Crippen molar-refractivity contribution in [1.29, 1.82) is 0 Å². The topological polar surface area (TPSA) is 66.5 Å². The maximum absolute atomic E-state index is 12.0. The highest BCUT2D eigenvalue weighted by Crippen LogP contribution is 2.06. The summed E-state index contributed by atoms with van der Waals surface area (Å²) in [6, 6.07) is 15.8. The van der Waals surface area contributed by atoms with E-state index < -0.39 is 10.0 Å². The predicted molar refractivity (Wildman–Crippen MR) is 98.4 cm³/mol. The van der Waals surface area contributed by atoms with E-state index in [1.54, 1.807) is 62.6 Å². The average molecular weight is 356 g/mol. The Hall–Kier alpha value is -2.62. The highest BCUT2D eigenvalue weighted by Gasteiger charge is 2.09. The molecule has 0 aromatic heterocycles. The van der Waals surface area contributed by atoms with Crippen LogP contribution in [0.2, 0.25) is 0 Å². The molecule has 0 saturated carbocycles. The van der Waals surface area contributed by atoms with Crippen LogP contribution in [0.5, 0.6) is 0 Å². The third kappa shape index (κ3) is 6.07. The Morgan fingerprint density at radius 3 is 2.28 bits per heavy atom. The van der Waals surface area contributed by atoms with Gasteiger partial charge in [-0.2, -0.15) is 0 Å². The molecule has 2 aromatic carbocycles. The van der Waals surface area contributed by atoms with Crippen LogP contribution in [0.3, 0.4) is 0 Å². The van der Waals surface area contributed by atoms with Gasteiger partial charge in [-0.1, -0.05) is 42.2 Å². The highest BCUT2D eigenvalue weighted by molar-refractivity contribution is 7.88. The molecule has 1 amide bonds. The first-order valence-corrected chi connectivity index (χ1v) is 9.34. The molecule has 0 spiro atoms. The molecule has 0 bridgehead atoms. The Morgan fingerprint density at radius 1 is 1.04 bits per heavy atom. The number of nitrogens with one attached hydrogen (secondary N) is 1. The molecule has 2 aromatic rings. The number of hydrogen-bond acceptors (Lipinski definition) is 3. The molecule has 0 aliphatic carbocycles. The summed E-state index contributed by atoms with van der Waals surface area (Å²) in [5, 5.41) is 0. The smallest absolute Gasteiger partial charge is 0.253 e. The predicted octanol–water partition coefficient (Wildman–Crippen LogP) is 1.86. The zero-order valence-electron chi connectivity index (χ0n) is 14.2. The third-order valence-electron chi connectivity index (χ3n) is 3.35. The summed E-state index contributed by atoms with van der Waals surface area (Å²) in [5.74, 6) is 5.51. The normalized spacial score (nSPS) is 10.6. The molecule has 0 radical (unpaired) electrons. The Morgan fingerprint density at radius 2 is 1.68 bits per heavy atom. The van der Waals surface area contributed by atoms with Gasteiger partial charge in [-0.25, -0.2) is 13.1 Å². The van der Waals surface area contributed by atoms with E-state index in [0.29, 0.717) is 5.56 Å². The van der Waals surface area contributed by atoms with E-state index >= 15 is 0 Å². The molecule has 6 heteroatoms. The Labute approximate surface area is 148 Å². The monoisotopic (exact) mass is 356 g/mol. The standard InChI is InChI=1S/C19H20N2O3S/c1-21(2)19(22)18-12-10-16(11-13-18)9-6-14-20-25(23,24)15-17-7-4-3-5-8-17/h3-5,7-8,10-13,20H,14-15H2,1-2H3. The van der Waals surface area contributed by atoms with E-state index in [0.717, 1.165) is 11.1 Å². The summed E-state index contributed by atoms with van der Waals surface area (Å²) in [6.07, 6.45) is 0. The number of sulfonamides is 1. The first kappa shape index (κ1) is 18.7. The quantitative estimate of drug-likeness (QED) is 0.832. The lowest BCUT2D eigenvalue weighted by Crippen LogP contribution is -2.25. The first-order valence-electron chi connectivity index (χ1n) is 7.69. The number of carbonyl (C=O) groups is 1. The summed E-state index contributed by atoms with van der Waals surface area (Å²) < 4.78 is 26.4. The Bertz CT molecular complexity index is 878. The van der Waals surface area contributed by atoms with Gasteiger partial charge in [0, 0.05) is 25.2 Å². The second-order valence-electron chi connectivity index (χ2n) is 5.64. The first-order chi connectivity index (χ1) is 11.9. The average Bonchev–Trinajstić information content (AvgIpc) is 2.59. The molecule has 0 saturated heterocycles. The van der Waals surface area contributed by atoms with E-state index in [9.17, 15) is 13.2 Å². The molecule has 0 heterocycles. The molecule has 0 unspecified atom stereocenters. The summed E-state index contributed by atoms with van der Waals surface area (Å²) in [7, 11) is -0.0351. The van der Waals surface area contributed by atoms with Crippen LogP contribution >= 0.6 is 0 Å². The zero-order chi connectivity index (χ0) is 18.3. The van der Waals surface area contributed by atoms with E-state index in [2.05, 4.69) is 16.6 Å². The van der Waals surface area contributed by atoms with Gasteiger partial charge in [-0.3, -0.25) is 4.79 Å². The summed E-state index contributed by atoms with van der Waals surface area (Å²) >= 11 is 0. The van der Waals surface area contributed by atoms with Crippen LogP contribution in [0, 0.1) is 11.8 Å². The van der Waals surface area contributed by atoms with Crippen LogP contribution in [0.25, 0.3) is 0 Å². The fourth-order valence-corrected chi connectivity index (χ4v) is 3.12. The van der Waals surface area contributed by atoms with Crippen molar-refractivity contribution >= 4 is 15.9 Å². The number of benzene rings is 2. The van der Waals surface area contributed by atoms with Crippen molar-refractivity contribution < 1.29 is 13.2 Å². The maximum atomic E-state index is 12.0. The van der Waals surface area contributed by atoms with Crippen LogP contribution in [-0.2, 0) is 15.8 Å². The van der Waals surface area contributed by atoms with Crippen LogP contribution in [0.1, 0.15) is 21.5 Å². The minimum atomic E-state index is -3.42. The van der Waals surface area contributed by atoms with Crippen molar-refractivity contribution in [2.24, 2.45) is 0 Å². The van der Waals surface area contributed by atoms with E-state index in [1.165, 1.54) is 4.90 Å². The van der Waals surface area contributed by atoms with Crippen LogP contribution in [-0.4, -0.2) is 39.9 Å². The lowest BCUT2D eigenvalue weighted by Gasteiger charge is -2.09. The number of hydrogen-bond donors (Lipinski definition) is 1. The van der Waals surface area contributed by atoms with E-state index in [4.69, 9.17) is 0 Å². The van der Waals surface area contributed by atoms with Crippen LogP contribution in [0.4, 0.5) is 0 Å². The molecule has 25 heavy (non-hydrogen) atoms. The molecule has 0 aliphatic heterocycles. The van der Waals surface area contributed by atoms with Crippen molar-refractivity contribution in [3.63, 3.8) is 0 Å². The van der Waals surface area contributed by atoms with Gasteiger partial charge in [-0.05, 0) is 29.8 Å². The largest absolute Gasteiger partial charge is 0.345 e. The molecule has 0 fully saturated rings. The van der Waals surface area contributed by atoms with Crippen molar-refractivity contribution in [2.75, 3.05) is 20.6 Å². The number of nitrogens with zero attached hydrogens (tertiary/aromatic N) is 1. The molecule has 5 nitrogen and oxygen atoms in total. The van der Waals surface area contributed by atoms with Crippen LogP contribution in [0.15, 0.2) is 54.6 Å². The van der Waals surface area contributed by atoms with E-state index in [-0.39, 0.29) is 18.2 Å². The van der Waals surface area contributed by atoms with Gasteiger partial charge >= 0.3 is 0 Å². The molecule has 1 N–H and O–H groups in total. The van der Waals surface area contributed by atoms with Crippen molar-refractivity contribution in [3.8, 4) is 11.8 Å². The second kappa shape index (κ2) is 8.47. The molecular formula is C19H20N2O3S. The van der Waals surface area contributed by atoms with E-state index in [1.807, 2.05) is 6.07 Å². The zero-order valence-corrected chi connectivity index (χ0v) is 15.0. The molecule has 2 rings (SSSR count). The van der Waals surface area contributed by atoms with Gasteiger partial charge in [0.05, 0.1) is 12.3 Å². The molecule has 0 aliphatic rings. The van der Waals surface area contributed by atoms with Gasteiger partial charge < -0.3 is 4.90 Å². The fraction of sp³-hybridized carbons (Fsp3) is 0.211. The minimum Gasteiger partial charge on any atom is -0.345 e. The maximum Gasteiger partial charge on any atom is 0.253 e. The van der Waals surface area contributed by atoms with Gasteiger partial charge in [0.15, 0.2) is 0 Å².